The lowest BCUT2D eigenvalue weighted by Crippen LogP contribution is -2.46. The van der Waals surface area contributed by atoms with Crippen molar-refractivity contribution in [2.24, 2.45) is 0 Å². The normalized spacial score (nSPS) is 29.3. The molecule has 1 aromatic carbocycles. The Labute approximate surface area is 123 Å². The van der Waals surface area contributed by atoms with E-state index in [0.717, 1.165) is 24.7 Å². The van der Waals surface area contributed by atoms with Gasteiger partial charge in [-0.3, -0.25) is 4.90 Å². The molecule has 2 aliphatic heterocycles. The first-order valence-corrected chi connectivity index (χ1v) is 7.23. The second kappa shape index (κ2) is 6.25. The molecule has 2 nitrogen and oxygen atoms in total. The van der Waals surface area contributed by atoms with Crippen LogP contribution in [0.2, 0.25) is 0 Å². The molecule has 2 unspecified atom stereocenters. The van der Waals surface area contributed by atoms with Crippen LogP contribution in [0.25, 0.3) is 0 Å². The smallest absolute Gasteiger partial charge is 0.0236 e. The monoisotopic (exact) mass is 280 g/mol. The molecule has 0 amide bonds. The van der Waals surface area contributed by atoms with Gasteiger partial charge in [0.1, 0.15) is 0 Å². The minimum atomic E-state index is 0. The Bertz CT molecular complexity index is 409. The van der Waals surface area contributed by atoms with Gasteiger partial charge in [0.05, 0.1) is 0 Å². The van der Waals surface area contributed by atoms with E-state index in [1.807, 2.05) is 0 Å². The quantitative estimate of drug-likeness (QED) is 0.915. The maximum Gasteiger partial charge on any atom is 0.0236 e. The third kappa shape index (κ3) is 3.31. The minimum absolute atomic E-state index is 0. The van der Waals surface area contributed by atoms with Crippen LogP contribution in [-0.2, 0) is 6.54 Å². The molecule has 19 heavy (non-hydrogen) atoms. The number of aryl methyl sites for hydroxylation is 1. The molecule has 2 saturated heterocycles. The lowest BCUT2D eigenvalue weighted by molar-refractivity contribution is 0.165. The number of piperidine rings is 1. The fourth-order valence-corrected chi connectivity index (χ4v) is 3.57. The summed E-state index contributed by atoms with van der Waals surface area (Å²) in [6.45, 7) is 3.31. The summed E-state index contributed by atoms with van der Waals surface area (Å²) < 4.78 is 0. The summed E-state index contributed by atoms with van der Waals surface area (Å²) >= 11 is 0. The standard InChI is InChI=1S/C16H24N2.ClH/c1-12-5-3-4-6-13(12)11-18(2)16-9-14-7-8-15(10-16)17-14;/h3-6,14-17H,7-11H2,1-2H3;1H. The highest BCUT2D eigenvalue weighted by Gasteiger charge is 2.34. The van der Waals surface area contributed by atoms with Gasteiger partial charge in [0.25, 0.3) is 0 Å². The third-order valence-corrected chi connectivity index (χ3v) is 4.75. The van der Waals surface area contributed by atoms with Gasteiger partial charge in [-0.05, 0) is 50.8 Å². The fourth-order valence-electron chi connectivity index (χ4n) is 3.57. The van der Waals surface area contributed by atoms with E-state index in [0.29, 0.717) is 0 Å². The predicted octanol–water partition coefficient (Wildman–Crippen LogP) is 3.13. The maximum atomic E-state index is 3.72. The highest BCUT2D eigenvalue weighted by atomic mass is 35.5. The van der Waals surface area contributed by atoms with Crippen LogP contribution in [0.15, 0.2) is 24.3 Å². The molecule has 2 heterocycles. The molecule has 1 aromatic rings. The van der Waals surface area contributed by atoms with Crippen molar-refractivity contribution in [1.29, 1.82) is 0 Å². The van der Waals surface area contributed by atoms with Gasteiger partial charge in [0, 0.05) is 24.7 Å². The van der Waals surface area contributed by atoms with Crippen molar-refractivity contribution in [3.05, 3.63) is 35.4 Å². The number of hydrogen-bond donors (Lipinski definition) is 1. The molecule has 0 aromatic heterocycles. The Morgan fingerprint density at radius 3 is 2.42 bits per heavy atom. The molecule has 1 N–H and O–H groups in total. The number of hydrogen-bond acceptors (Lipinski definition) is 2. The van der Waals surface area contributed by atoms with E-state index in [-0.39, 0.29) is 12.4 Å². The van der Waals surface area contributed by atoms with Gasteiger partial charge in [0.2, 0.25) is 0 Å². The van der Waals surface area contributed by atoms with Crippen molar-refractivity contribution in [2.75, 3.05) is 7.05 Å². The number of halogens is 1. The maximum absolute atomic E-state index is 3.72. The second-order valence-electron chi connectivity index (χ2n) is 6.10. The van der Waals surface area contributed by atoms with Gasteiger partial charge < -0.3 is 5.32 Å². The summed E-state index contributed by atoms with van der Waals surface area (Å²) in [6, 6.07) is 11.1. The van der Waals surface area contributed by atoms with Crippen molar-refractivity contribution in [3.63, 3.8) is 0 Å². The van der Waals surface area contributed by atoms with Crippen molar-refractivity contribution in [2.45, 2.75) is 57.3 Å². The van der Waals surface area contributed by atoms with Gasteiger partial charge in [-0.25, -0.2) is 0 Å². The number of fused-ring (bicyclic) bond motifs is 2. The lowest BCUT2D eigenvalue weighted by atomic mass is 9.97. The van der Waals surface area contributed by atoms with E-state index in [4.69, 9.17) is 0 Å². The molecule has 0 aliphatic carbocycles. The van der Waals surface area contributed by atoms with E-state index in [2.05, 4.69) is 48.5 Å². The third-order valence-electron chi connectivity index (χ3n) is 4.75. The zero-order valence-electron chi connectivity index (χ0n) is 11.9. The molecule has 2 aliphatic rings. The average Bonchev–Trinajstić information content (AvgIpc) is 2.71. The van der Waals surface area contributed by atoms with Crippen molar-refractivity contribution in [1.82, 2.24) is 10.2 Å². The Morgan fingerprint density at radius 2 is 1.79 bits per heavy atom. The van der Waals surface area contributed by atoms with Gasteiger partial charge in [-0.2, -0.15) is 0 Å². The van der Waals surface area contributed by atoms with Gasteiger partial charge >= 0.3 is 0 Å². The first-order chi connectivity index (χ1) is 8.72. The Morgan fingerprint density at radius 1 is 1.16 bits per heavy atom. The second-order valence-corrected chi connectivity index (χ2v) is 6.10. The summed E-state index contributed by atoms with van der Waals surface area (Å²) in [6.07, 6.45) is 5.44. The number of rotatable bonds is 3. The molecule has 0 radical (unpaired) electrons. The molecule has 2 fully saturated rings. The Kier molecular flexibility index (Phi) is 4.88. The molecule has 3 heteroatoms. The van der Waals surface area contributed by atoms with Crippen LogP contribution >= 0.6 is 12.4 Å². The van der Waals surface area contributed by atoms with Crippen LogP contribution in [-0.4, -0.2) is 30.1 Å². The zero-order valence-corrected chi connectivity index (χ0v) is 12.7. The molecule has 2 bridgehead atoms. The zero-order chi connectivity index (χ0) is 12.5. The number of nitrogens with zero attached hydrogens (tertiary/aromatic N) is 1. The predicted molar refractivity (Wildman–Crippen MR) is 82.9 cm³/mol. The van der Waals surface area contributed by atoms with Crippen molar-refractivity contribution >= 4 is 12.4 Å². The van der Waals surface area contributed by atoms with Gasteiger partial charge in [-0.15, -0.1) is 12.4 Å². The van der Waals surface area contributed by atoms with E-state index in [1.165, 1.54) is 36.8 Å². The van der Waals surface area contributed by atoms with Gasteiger partial charge in [0.15, 0.2) is 0 Å². The summed E-state index contributed by atoms with van der Waals surface area (Å²) in [5, 5.41) is 3.72. The summed E-state index contributed by atoms with van der Waals surface area (Å²) in [5.41, 5.74) is 2.90. The number of benzene rings is 1. The summed E-state index contributed by atoms with van der Waals surface area (Å²) in [4.78, 5) is 2.56. The molecule has 106 valence electrons. The van der Waals surface area contributed by atoms with Crippen LogP contribution in [0.1, 0.15) is 36.8 Å². The molecular weight excluding hydrogens is 256 g/mol. The van der Waals surface area contributed by atoms with E-state index in [9.17, 15) is 0 Å². The summed E-state index contributed by atoms with van der Waals surface area (Å²) in [5.74, 6) is 0. The molecular formula is C16H25ClN2. The van der Waals surface area contributed by atoms with Crippen LogP contribution in [0.5, 0.6) is 0 Å². The van der Waals surface area contributed by atoms with Crippen LogP contribution < -0.4 is 5.32 Å². The van der Waals surface area contributed by atoms with E-state index >= 15 is 0 Å². The topological polar surface area (TPSA) is 15.3 Å². The molecule has 0 spiro atoms. The Hall–Kier alpha value is -0.570. The van der Waals surface area contributed by atoms with Crippen LogP contribution in [0.4, 0.5) is 0 Å². The number of nitrogens with one attached hydrogen (secondary N) is 1. The minimum Gasteiger partial charge on any atom is -0.311 e. The highest BCUT2D eigenvalue weighted by Crippen LogP contribution is 2.29. The molecule has 2 atom stereocenters. The van der Waals surface area contributed by atoms with Gasteiger partial charge in [-0.1, -0.05) is 24.3 Å². The Balaban J connectivity index is 0.00000133. The highest BCUT2D eigenvalue weighted by molar-refractivity contribution is 5.85. The van der Waals surface area contributed by atoms with Crippen molar-refractivity contribution < 1.29 is 0 Å². The largest absolute Gasteiger partial charge is 0.311 e. The van der Waals surface area contributed by atoms with Crippen LogP contribution in [0.3, 0.4) is 0 Å². The van der Waals surface area contributed by atoms with Crippen molar-refractivity contribution in [3.8, 4) is 0 Å². The average molecular weight is 281 g/mol. The molecule has 0 saturated carbocycles. The fraction of sp³-hybridized carbons (Fsp3) is 0.625. The first kappa shape index (κ1) is 14.8. The lowest BCUT2D eigenvalue weighted by Gasteiger charge is -2.35. The summed E-state index contributed by atoms with van der Waals surface area (Å²) in [7, 11) is 2.29. The molecule has 3 rings (SSSR count). The van der Waals surface area contributed by atoms with E-state index in [1.54, 1.807) is 0 Å². The van der Waals surface area contributed by atoms with E-state index < -0.39 is 0 Å². The van der Waals surface area contributed by atoms with Crippen LogP contribution in [0, 0.1) is 6.92 Å². The SMILES string of the molecule is Cc1ccccc1CN(C)C1CC2CCC(C1)N2.Cl. The first-order valence-electron chi connectivity index (χ1n) is 7.23.